The van der Waals surface area contributed by atoms with Crippen LogP contribution in [-0.4, -0.2) is 27.9 Å². The number of para-hydroxylation sites is 1. The largest absolute Gasteiger partial charge is 0.480 e. The number of fused-ring (bicyclic) bond motifs is 1. The molecule has 1 heterocycles. The normalized spacial score (nSPS) is 12.2. The van der Waals surface area contributed by atoms with Gasteiger partial charge in [0.1, 0.15) is 6.04 Å². The molecule has 0 spiro atoms. The van der Waals surface area contributed by atoms with Crippen LogP contribution in [0.3, 0.4) is 0 Å². The Morgan fingerprint density at radius 2 is 1.92 bits per heavy atom. The Morgan fingerprint density at radius 1 is 1.12 bits per heavy atom. The van der Waals surface area contributed by atoms with E-state index in [-0.39, 0.29) is 12.2 Å². The maximum atomic E-state index is 12.6. The molecule has 0 amide bonds. The molecule has 3 aromatic rings. The summed E-state index contributed by atoms with van der Waals surface area (Å²) >= 11 is 0. The van der Waals surface area contributed by atoms with Gasteiger partial charge in [-0.1, -0.05) is 36.4 Å². The first-order valence-electron chi connectivity index (χ1n) is 7.70. The molecule has 122 valence electrons. The fraction of sp³-hybridized carbons (Fsp3) is 0.158. The Kier molecular flexibility index (Phi) is 4.44. The number of aromatic amines is 1. The zero-order valence-corrected chi connectivity index (χ0v) is 13.0. The number of aromatic nitrogens is 1. The molecule has 0 aliphatic rings. The standard InChI is InChI=1S/C19H18N2O3/c20-16(19(23)24)9-12-4-3-5-13(8-12)18(22)10-14-11-21-17-7-2-1-6-15(14)17/h1-8,11,16,21H,9-10,20H2,(H,23,24)/t16-/m0/s1. The molecule has 5 heteroatoms. The van der Waals surface area contributed by atoms with Crippen molar-refractivity contribution in [2.24, 2.45) is 5.73 Å². The van der Waals surface area contributed by atoms with E-state index in [1.165, 1.54) is 0 Å². The van der Waals surface area contributed by atoms with Crippen molar-refractivity contribution in [1.82, 2.24) is 4.98 Å². The van der Waals surface area contributed by atoms with Gasteiger partial charge in [-0.25, -0.2) is 0 Å². The number of carboxylic acids is 1. The predicted molar refractivity (Wildman–Crippen MR) is 92.1 cm³/mol. The third-order valence-electron chi connectivity index (χ3n) is 4.05. The lowest BCUT2D eigenvalue weighted by Crippen LogP contribution is -2.32. The van der Waals surface area contributed by atoms with Gasteiger partial charge < -0.3 is 15.8 Å². The number of hydrogen-bond acceptors (Lipinski definition) is 3. The van der Waals surface area contributed by atoms with Crippen molar-refractivity contribution in [3.63, 3.8) is 0 Å². The number of carboxylic acid groups (broad SMARTS) is 1. The Balaban J connectivity index is 1.79. The Bertz CT molecular complexity index is 898. The van der Waals surface area contributed by atoms with Crippen LogP contribution < -0.4 is 5.73 Å². The molecule has 0 fully saturated rings. The molecule has 4 N–H and O–H groups in total. The van der Waals surface area contributed by atoms with Gasteiger partial charge in [0.2, 0.25) is 0 Å². The van der Waals surface area contributed by atoms with Gasteiger partial charge in [0.05, 0.1) is 0 Å². The van der Waals surface area contributed by atoms with E-state index in [0.717, 1.165) is 22.0 Å². The lowest BCUT2D eigenvalue weighted by Gasteiger charge is -2.08. The smallest absolute Gasteiger partial charge is 0.320 e. The van der Waals surface area contributed by atoms with E-state index >= 15 is 0 Å². The van der Waals surface area contributed by atoms with Crippen LogP contribution in [0.2, 0.25) is 0 Å². The second kappa shape index (κ2) is 6.68. The van der Waals surface area contributed by atoms with Gasteiger partial charge in [0, 0.05) is 29.1 Å². The Labute approximate surface area is 139 Å². The van der Waals surface area contributed by atoms with E-state index in [0.29, 0.717) is 12.0 Å². The second-order valence-electron chi connectivity index (χ2n) is 5.81. The lowest BCUT2D eigenvalue weighted by molar-refractivity contribution is -0.138. The van der Waals surface area contributed by atoms with Gasteiger partial charge in [0.15, 0.2) is 5.78 Å². The number of H-pyrrole nitrogens is 1. The first-order chi connectivity index (χ1) is 11.5. The van der Waals surface area contributed by atoms with Gasteiger partial charge >= 0.3 is 5.97 Å². The molecule has 0 bridgehead atoms. The summed E-state index contributed by atoms with van der Waals surface area (Å²) in [5.41, 5.74) is 8.82. The summed E-state index contributed by atoms with van der Waals surface area (Å²) in [7, 11) is 0. The number of carbonyl (C=O) groups excluding carboxylic acids is 1. The number of nitrogens with two attached hydrogens (primary N) is 1. The van der Waals surface area contributed by atoms with Crippen molar-refractivity contribution in [3.8, 4) is 0 Å². The van der Waals surface area contributed by atoms with E-state index in [2.05, 4.69) is 4.98 Å². The third kappa shape index (κ3) is 3.36. The molecule has 2 aromatic carbocycles. The quantitative estimate of drug-likeness (QED) is 0.608. The maximum Gasteiger partial charge on any atom is 0.320 e. The van der Waals surface area contributed by atoms with E-state index in [1.54, 1.807) is 24.3 Å². The number of Topliss-reactive ketones (excluding diaryl/α,β-unsaturated/α-hetero) is 1. The summed E-state index contributed by atoms with van der Waals surface area (Å²) in [6.45, 7) is 0. The molecule has 5 nitrogen and oxygen atoms in total. The highest BCUT2D eigenvalue weighted by Gasteiger charge is 2.14. The number of aliphatic carboxylic acids is 1. The molecule has 0 saturated heterocycles. The van der Waals surface area contributed by atoms with Crippen LogP contribution in [0, 0.1) is 0 Å². The number of ketones is 1. The Hall–Kier alpha value is -2.92. The van der Waals surface area contributed by atoms with Gasteiger partial charge in [-0.05, 0) is 29.7 Å². The molecule has 1 atom stereocenters. The summed E-state index contributed by atoms with van der Waals surface area (Å²) < 4.78 is 0. The molecule has 24 heavy (non-hydrogen) atoms. The maximum absolute atomic E-state index is 12.6. The number of nitrogens with one attached hydrogen (secondary N) is 1. The SMILES string of the molecule is N[C@@H](Cc1cccc(C(=O)Cc2c[nH]c3ccccc23)c1)C(=O)O. The molecule has 0 saturated carbocycles. The minimum Gasteiger partial charge on any atom is -0.480 e. The van der Waals surface area contributed by atoms with Gasteiger partial charge in [-0.2, -0.15) is 0 Å². The molecule has 0 aliphatic carbocycles. The third-order valence-corrected chi connectivity index (χ3v) is 4.05. The highest BCUT2D eigenvalue weighted by molar-refractivity contribution is 6.00. The van der Waals surface area contributed by atoms with Crippen LogP contribution in [0.1, 0.15) is 21.5 Å². The van der Waals surface area contributed by atoms with Crippen molar-refractivity contribution < 1.29 is 14.7 Å². The van der Waals surface area contributed by atoms with Crippen LogP contribution >= 0.6 is 0 Å². The van der Waals surface area contributed by atoms with Gasteiger partial charge in [-0.15, -0.1) is 0 Å². The van der Waals surface area contributed by atoms with Crippen LogP contribution in [0.5, 0.6) is 0 Å². The lowest BCUT2D eigenvalue weighted by atomic mass is 9.98. The average molecular weight is 322 g/mol. The Morgan fingerprint density at radius 3 is 2.71 bits per heavy atom. The minimum atomic E-state index is -1.05. The number of benzene rings is 2. The highest BCUT2D eigenvalue weighted by Crippen LogP contribution is 2.20. The molecular formula is C19H18N2O3. The van der Waals surface area contributed by atoms with Crippen molar-refractivity contribution in [1.29, 1.82) is 0 Å². The van der Waals surface area contributed by atoms with Gasteiger partial charge in [-0.3, -0.25) is 9.59 Å². The first-order valence-corrected chi connectivity index (χ1v) is 7.70. The summed E-state index contributed by atoms with van der Waals surface area (Å²) in [5.74, 6) is -1.06. The van der Waals surface area contributed by atoms with E-state index in [4.69, 9.17) is 10.8 Å². The monoisotopic (exact) mass is 322 g/mol. The van der Waals surface area contributed by atoms with Crippen LogP contribution in [0.25, 0.3) is 10.9 Å². The number of rotatable bonds is 6. The van der Waals surface area contributed by atoms with Crippen molar-refractivity contribution >= 4 is 22.7 Å². The van der Waals surface area contributed by atoms with E-state index in [9.17, 15) is 9.59 Å². The fourth-order valence-corrected chi connectivity index (χ4v) is 2.77. The molecule has 0 radical (unpaired) electrons. The summed E-state index contributed by atoms with van der Waals surface area (Å²) in [6.07, 6.45) is 2.34. The first kappa shape index (κ1) is 16.0. The number of hydrogen-bond donors (Lipinski definition) is 3. The highest BCUT2D eigenvalue weighted by atomic mass is 16.4. The molecule has 0 unspecified atom stereocenters. The van der Waals surface area contributed by atoms with Crippen molar-refractivity contribution in [2.45, 2.75) is 18.9 Å². The van der Waals surface area contributed by atoms with Crippen molar-refractivity contribution in [2.75, 3.05) is 0 Å². The van der Waals surface area contributed by atoms with Crippen LogP contribution in [-0.2, 0) is 17.6 Å². The fourth-order valence-electron chi connectivity index (χ4n) is 2.77. The average Bonchev–Trinajstić information content (AvgIpc) is 2.98. The summed E-state index contributed by atoms with van der Waals surface area (Å²) in [5, 5.41) is 9.94. The number of carbonyl (C=O) groups is 2. The topological polar surface area (TPSA) is 96.2 Å². The van der Waals surface area contributed by atoms with Crippen molar-refractivity contribution in [3.05, 3.63) is 71.4 Å². The van der Waals surface area contributed by atoms with Gasteiger partial charge in [0.25, 0.3) is 0 Å². The minimum absolute atomic E-state index is 0.00880. The van der Waals surface area contributed by atoms with Crippen LogP contribution in [0.15, 0.2) is 54.7 Å². The summed E-state index contributed by atoms with van der Waals surface area (Å²) in [6, 6.07) is 13.9. The molecule has 3 rings (SSSR count). The molecule has 0 aliphatic heterocycles. The zero-order valence-electron chi connectivity index (χ0n) is 13.0. The summed E-state index contributed by atoms with van der Waals surface area (Å²) in [4.78, 5) is 26.6. The van der Waals surface area contributed by atoms with E-state index in [1.807, 2.05) is 30.5 Å². The second-order valence-corrected chi connectivity index (χ2v) is 5.81. The predicted octanol–water partition coefficient (Wildman–Crippen LogP) is 2.55. The molecular weight excluding hydrogens is 304 g/mol. The molecule has 1 aromatic heterocycles. The van der Waals surface area contributed by atoms with Crippen LogP contribution in [0.4, 0.5) is 0 Å². The zero-order chi connectivity index (χ0) is 17.1. The van der Waals surface area contributed by atoms with E-state index < -0.39 is 12.0 Å².